The van der Waals surface area contributed by atoms with Gasteiger partial charge in [-0.1, -0.05) is 50.2 Å². The molecule has 0 aromatic heterocycles. The first-order valence-corrected chi connectivity index (χ1v) is 11.3. The van der Waals surface area contributed by atoms with E-state index in [-0.39, 0.29) is 11.8 Å². The van der Waals surface area contributed by atoms with Gasteiger partial charge in [-0.3, -0.25) is 0 Å². The highest BCUT2D eigenvalue weighted by Crippen LogP contribution is 2.60. The van der Waals surface area contributed by atoms with Gasteiger partial charge in [0.1, 0.15) is 5.75 Å². The van der Waals surface area contributed by atoms with Crippen LogP contribution in [0.1, 0.15) is 46.5 Å². The van der Waals surface area contributed by atoms with Crippen LogP contribution in [-0.2, 0) is 19.2 Å². The molecule has 4 saturated heterocycles. The van der Waals surface area contributed by atoms with Crippen LogP contribution in [0.2, 0.25) is 0 Å². The second-order valence-electron chi connectivity index (χ2n) is 9.87. The zero-order valence-electron chi connectivity index (χ0n) is 17.9. The van der Waals surface area contributed by atoms with Crippen LogP contribution in [0.5, 0.6) is 5.75 Å². The monoisotopic (exact) mass is 410 g/mol. The minimum atomic E-state index is -0.762. The van der Waals surface area contributed by atoms with E-state index in [1.165, 1.54) is 6.42 Å². The fourth-order valence-electron chi connectivity index (χ4n) is 6.43. The van der Waals surface area contributed by atoms with Crippen LogP contribution in [0.25, 0.3) is 10.8 Å². The van der Waals surface area contributed by atoms with Gasteiger partial charge in [0.15, 0.2) is 11.9 Å². The van der Waals surface area contributed by atoms with Gasteiger partial charge in [0.25, 0.3) is 0 Å². The molecule has 5 heteroatoms. The maximum atomic E-state index is 6.56. The minimum absolute atomic E-state index is 0.157. The summed E-state index contributed by atoms with van der Waals surface area (Å²) in [7, 11) is 0. The Balaban J connectivity index is 1.38. The van der Waals surface area contributed by atoms with E-state index in [0.717, 1.165) is 35.8 Å². The Morgan fingerprint density at radius 3 is 2.67 bits per heavy atom. The van der Waals surface area contributed by atoms with Gasteiger partial charge in [0.05, 0.1) is 0 Å². The molecule has 5 fully saturated rings. The van der Waals surface area contributed by atoms with Crippen LogP contribution in [0.4, 0.5) is 0 Å². The molecule has 30 heavy (non-hydrogen) atoms. The summed E-state index contributed by atoms with van der Waals surface area (Å²) in [6.07, 6.45) is 3.24. The lowest BCUT2D eigenvalue weighted by atomic mass is 9.58. The molecule has 2 aromatic rings. The molecule has 4 aliphatic heterocycles. The number of hydrogen-bond donors (Lipinski definition) is 0. The van der Waals surface area contributed by atoms with Crippen molar-refractivity contribution in [2.24, 2.45) is 23.7 Å². The van der Waals surface area contributed by atoms with Gasteiger partial charge in [-0.25, -0.2) is 9.78 Å². The first-order valence-electron chi connectivity index (χ1n) is 11.3. The van der Waals surface area contributed by atoms with Crippen molar-refractivity contribution in [1.82, 2.24) is 0 Å². The molecule has 0 amide bonds. The highest BCUT2D eigenvalue weighted by molar-refractivity contribution is 5.88. The summed E-state index contributed by atoms with van der Waals surface area (Å²) in [5.41, 5.74) is -0.550. The quantitative estimate of drug-likeness (QED) is 0.618. The number of benzene rings is 2. The Morgan fingerprint density at radius 2 is 1.77 bits per heavy atom. The van der Waals surface area contributed by atoms with E-state index in [2.05, 4.69) is 32.0 Å². The van der Waals surface area contributed by atoms with Gasteiger partial charge < -0.3 is 14.2 Å². The lowest BCUT2D eigenvalue weighted by molar-refractivity contribution is -0.575. The van der Waals surface area contributed by atoms with Gasteiger partial charge in [-0.15, -0.1) is 0 Å². The van der Waals surface area contributed by atoms with Gasteiger partial charge in [0.2, 0.25) is 12.1 Å². The molecule has 0 N–H and O–H groups in total. The van der Waals surface area contributed by atoms with Crippen molar-refractivity contribution < 1.29 is 24.0 Å². The predicted molar refractivity (Wildman–Crippen MR) is 111 cm³/mol. The van der Waals surface area contributed by atoms with E-state index in [4.69, 9.17) is 24.0 Å². The molecule has 1 spiro atoms. The van der Waals surface area contributed by atoms with Gasteiger partial charge in [-0.2, -0.15) is 0 Å². The second-order valence-corrected chi connectivity index (χ2v) is 9.87. The summed E-state index contributed by atoms with van der Waals surface area (Å²) in [5.74, 6) is 1.44. The van der Waals surface area contributed by atoms with Crippen LogP contribution in [0.15, 0.2) is 42.5 Å². The van der Waals surface area contributed by atoms with Crippen LogP contribution < -0.4 is 4.74 Å². The van der Waals surface area contributed by atoms with Gasteiger partial charge in [0, 0.05) is 23.6 Å². The molecule has 7 rings (SSSR count). The average molecular weight is 411 g/mol. The largest absolute Gasteiger partial charge is 0.464 e. The molecule has 8 atom stereocenters. The van der Waals surface area contributed by atoms with Crippen LogP contribution in [0.3, 0.4) is 0 Å². The molecule has 4 heterocycles. The zero-order chi connectivity index (χ0) is 20.5. The summed E-state index contributed by atoms with van der Waals surface area (Å²) in [4.78, 5) is 12.1. The van der Waals surface area contributed by atoms with E-state index < -0.39 is 24.0 Å². The fraction of sp³-hybridized carbons (Fsp3) is 0.600. The van der Waals surface area contributed by atoms with Gasteiger partial charge >= 0.3 is 0 Å². The smallest absolute Gasteiger partial charge is 0.205 e. The molecule has 5 nitrogen and oxygen atoms in total. The lowest BCUT2D eigenvalue weighted by Gasteiger charge is -2.60. The van der Waals surface area contributed by atoms with Crippen LogP contribution in [0, 0.1) is 23.7 Å². The maximum Gasteiger partial charge on any atom is 0.205 e. The van der Waals surface area contributed by atoms with Crippen molar-refractivity contribution in [3.05, 3.63) is 42.5 Å². The third-order valence-electron chi connectivity index (χ3n) is 8.09. The molecule has 5 aliphatic rings. The summed E-state index contributed by atoms with van der Waals surface area (Å²) >= 11 is 0. The van der Waals surface area contributed by atoms with E-state index in [0.29, 0.717) is 11.8 Å². The molecular weight excluding hydrogens is 380 g/mol. The lowest BCUT2D eigenvalue weighted by Crippen LogP contribution is -2.70. The first-order chi connectivity index (χ1) is 14.5. The van der Waals surface area contributed by atoms with E-state index in [1.807, 2.05) is 31.2 Å². The normalized spacial score (nSPS) is 45.0. The van der Waals surface area contributed by atoms with Crippen LogP contribution in [-0.4, -0.2) is 24.0 Å². The van der Waals surface area contributed by atoms with E-state index in [9.17, 15) is 0 Å². The third kappa shape index (κ3) is 2.62. The molecule has 1 aliphatic carbocycles. The predicted octanol–water partition coefficient (Wildman–Crippen LogP) is 5.43. The first kappa shape index (κ1) is 19.1. The summed E-state index contributed by atoms with van der Waals surface area (Å²) in [5, 5.41) is 2.26. The highest BCUT2D eigenvalue weighted by atomic mass is 17.3. The summed E-state index contributed by atoms with van der Waals surface area (Å²) in [6, 6.07) is 14.5. The van der Waals surface area contributed by atoms with Crippen molar-refractivity contribution in [1.29, 1.82) is 0 Å². The van der Waals surface area contributed by atoms with E-state index >= 15 is 0 Å². The highest BCUT2D eigenvalue weighted by Gasteiger charge is 2.69. The molecule has 160 valence electrons. The Bertz CT molecular complexity index is 956. The number of hydrogen-bond acceptors (Lipinski definition) is 5. The van der Waals surface area contributed by atoms with Crippen molar-refractivity contribution in [3.8, 4) is 5.75 Å². The molecule has 1 saturated carbocycles. The second kappa shape index (κ2) is 6.67. The SMILES string of the molecule is C[C@H]1[C@@H](Oc2cccc3ccccc23)O[C@@H]2O[C@]3(C)CC[C@H]4[C@H](C)CC[C@@H]1[C@@]24OO3. The summed E-state index contributed by atoms with van der Waals surface area (Å²) in [6.45, 7) is 6.51. The van der Waals surface area contributed by atoms with Crippen molar-refractivity contribution in [2.45, 2.75) is 70.4 Å². The third-order valence-corrected chi connectivity index (χ3v) is 8.09. The fourth-order valence-corrected chi connectivity index (χ4v) is 6.43. The molecule has 0 radical (unpaired) electrons. The van der Waals surface area contributed by atoms with E-state index in [1.54, 1.807) is 0 Å². The minimum Gasteiger partial charge on any atom is -0.464 e. The Hall–Kier alpha value is -1.66. The van der Waals surface area contributed by atoms with Crippen molar-refractivity contribution in [2.75, 3.05) is 0 Å². The van der Waals surface area contributed by atoms with Crippen molar-refractivity contribution >= 4 is 10.8 Å². The molecule has 0 unspecified atom stereocenters. The summed E-state index contributed by atoms with van der Waals surface area (Å²) < 4.78 is 19.5. The molecule has 2 aromatic carbocycles. The topological polar surface area (TPSA) is 46.2 Å². The molecule has 2 bridgehead atoms. The maximum absolute atomic E-state index is 6.56. The molecular formula is C25H30O5. The number of fused-ring (bicyclic) bond motifs is 3. The number of ether oxygens (including phenoxy) is 3. The average Bonchev–Trinajstić information content (AvgIpc) is 2.98. The number of rotatable bonds is 2. The standard InChI is InChI=1S/C25H30O5/c1-15-11-12-20-16(2)22(26-21-10-6-8-17-7-4-5-9-18(17)21)27-23-25(20)19(15)13-14-24(3,28-23)29-30-25/h4-10,15-16,19-20,22-23H,11-14H2,1-3H3/t15-,16-,19+,20+,22+,23-,24+,25-/m1/s1. The van der Waals surface area contributed by atoms with Gasteiger partial charge in [-0.05, 0) is 49.5 Å². The Kier molecular flexibility index (Phi) is 4.24. The van der Waals surface area contributed by atoms with Crippen molar-refractivity contribution in [3.63, 3.8) is 0 Å². The van der Waals surface area contributed by atoms with Crippen LogP contribution >= 0.6 is 0 Å². The Morgan fingerprint density at radius 1 is 0.933 bits per heavy atom. The zero-order valence-corrected chi connectivity index (χ0v) is 17.9. The Labute approximate surface area is 177 Å².